The van der Waals surface area contributed by atoms with Crippen LogP contribution in [-0.4, -0.2) is 13.6 Å². The average molecular weight is 177 g/mol. The van der Waals surface area contributed by atoms with Gasteiger partial charge in [-0.15, -0.1) is 0 Å². The first kappa shape index (κ1) is 10.3. The summed E-state index contributed by atoms with van der Waals surface area (Å²) in [4.78, 5) is 0. The molecule has 1 aromatic rings. The monoisotopic (exact) mass is 177 g/mol. The highest BCUT2D eigenvalue weighted by molar-refractivity contribution is 5.36. The Bertz CT molecular complexity index is 289. The summed E-state index contributed by atoms with van der Waals surface area (Å²) in [5.41, 5.74) is 5.68. The van der Waals surface area contributed by atoms with Crippen molar-refractivity contribution in [3.8, 4) is 0 Å². The lowest BCUT2D eigenvalue weighted by Crippen LogP contribution is -2.11. The van der Waals surface area contributed by atoms with E-state index >= 15 is 0 Å². The van der Waals surface area contributed by atoms with Crippen molar-refractivity contribution >= 4 is 0 Å². The number of rotatable bonds is 3. The molecule has 0 aliphatic rings. The molecular formula is C12H19N. The largest absolute Gasteiger partial charge is 0.319 e. The van der Waals surface area contributed by atoms with Crippen molar-refractivity contribution in [3.63, 3.8) is 0 Å². The maximum absolute atomic E-state index is 3.18. The fourth-order valence-corrected chi connectivity index (χ4v) is 1.55. The molecule has 1 rings (SSSR count). The highest BCUT2D eigenvalue weighted by atomic mass is 14.8. The summed E-state index contributed by atoms with van der Waals surface area (Å²) in [6.07, 6.45) is 1.13. The molecule has 0 fully saturated rings. The third-order valence-corrected chi connectivity index (χ3v) is 2.60. The zero-order valence-corrected chi connectivity index (χ0v) is 9.07. The molecule has 0 amide bonds. The zero-order chi connectivity index (χ0) is 9.84. The van der Waals surface area contributed by atoms with Gasteiger partial charge in [0.15, 0.2) is 0 Å². The van der Waals surface area contributed by atoms with Crippen LogP contribution < -0.4 is 5.32 Å². The van der Waals surface area contributed by atoms with Gasteiger partial charge in [-0.25, -0.2) is 0 Å². The van der Waals surface area contributed by atoms with E-state index in [0.717, 1.165) is 13.0 Å². The summed E-state index contributed by atoms with van der Waals surface area (Å²) in [5, 5.41) is 3.18. The molecule has 0 heterocycles. The zero-order valence-electron chi connectivity index (χ0n) is 9.07. The summed E-state index contributed by atoms with van der Waals surface area (Å²) >= 11 is 0. The molecule has 13 heavy (non-hydrogen) atoms. The molecule has 72 valence electrons. The van der Waals surface area contributed by atoms with Crippen molar-refractivity contribution in [2.24, 2.45) is 0 Å². The first-order valence-electron chi connectivity index (χ1n) is 4.86. The number of hydrogen-bond acceptors (Lipinski definition) is 1. The van der Waals surface area contributed by atoms with Crippen LogP contribution in [0, 0.1) is 20.8 Å². The van der Waals surface area contributed by atoms with Gasteiger partial charge in [0, 0.05) is 0 Å². The third kappa shape index (κ3) is 2.56. The number of nitrogens with one attached hydrogen (secondary N) is 1. The van der Waals surface area contributed by atoms with E-state index in [1.807, 2.05) is 7.05 Å². The first-order valence-corrected chi connectivity index (χ1v) is 4.86. The van der Waals surface area contributed by atoms with Crippen LogP contribution in [0.25, 0.3) is 0 Å². The average Bonchev–Trinajstić information content (AvgIpc) is 2.09. The quantitative estimate of drug-likeness (QED) is 0.747. The minimum atomic E-state index is 1.06. The molecule has 1 aromatic carbocycles. The summed E-state index contributed by atoms with van der Waals surface area (Å²) < 4.78 is 0. The van der Waals surface area contributed by atoms with Gasteiger partial charge < -0.3 is 5.32 Å². The highest BCUT2D eigenvalue weighted by Crippen LogP contribution is 2.15. The Morgan fingerprint density at radius 2 is 1.62 bits per heavy atom. The molecule has 1 N–H and O–H groups in total. The van der Waals surface area contributed by atoms with Crippen LogP contribution in [0.1, 0.15) is 22.3 Å². The second-order valence-corrected chi connectivity index (χ2v) is 3.72. The lowest BCUT2D eigenvalue weighted by atomic mass is 9.99. The van der Waals surface area contributed by atoms with Crippen molar-refractivity contribution in [1.82, 2.24) is 5.32 Å². The number of hydrogen-bond donors (Lipinski definition) is 1. The highest BCUT2D eigenvalue weighted by Gasteiger charge is 2.00. The van der Waals surface area contributed by atoms with Gasteiger partial charge >= 0.3 is 0 Å². The molecule has 0 aliphatic carbocycles. The molecule has 0 aromatic heterocycles. The first-order chi connectivity index (χ1) is 6.15. The molecule has 1 heteroatoms. The van der Waals surface area contributed by atoms with Crippen LogP contribution in [0.4, 0.5) is 0 Å². The Morgan fingerprint density at radius 1 is 1.00 bits per heavy atom. The molecule has 0 unspecified atom stereocenters. The lowest BCUT2D eigenvalue weighted by Gasteiger charge is -2.09. The predicted octanol–water partition coefficient (Wildman–Crippen LogP) is 2.37. The van der Waals surface area contributed by atoms with Crippen molar-refractivity contribution in [3.05, 3.63) is 34.4 Å². The second-order valence-electron chi connectivity index (χ2n) is 3.72. The Labute approximate surface area is 81.2 Å². The molecule has 0 aliphatic heterocycles. The smallest absolute Gasteiger partial charge is 0.00113 e. The number of benzene rings is 1. The summed E-state index contributed by atoms with van der Waals surface area (Å²) in [6.45, 7) is 7.60. The molecule has 0 bridgehead atoms. The Balaban J connectivity index is 2.88. The van der Waals surface area contributed by atoms with Crippen molar-refractivity contribution in [2.75, 3.05) is 13.6 Å². The Morgan fingerprint density at radius 3 is 2.23 bits per heavy atom. The normalized spacial score (nSPS) is 10.5. The Hall–Kier alpha value is -0.820. The molecule has 0 saturated carbocycles. The van der Waals surface area contributed by atoms with Gasteiger partial charge in [-0.3, -0.25) is 0 Å². The van der Waals surface area contributed by atoms with E-state index in [0.29, 0.717) is 0 Å². The fourth-order valence-electron chi connectivity index (χ4n) is 1.55. The van der Waals surface area contributed by atoms with Crippen LogP contribution >= 0.6 is 0 Å². The van der Waals surface area contributed by atoms with Crippen molar-refractivity contribution in [1.29, 1.82) is 0 Å². The molecule has 0 radical (unpaired) electrons. The van der Waals surface area contributed by atoms with Crippen molar-refractivity contribution in [2.45, 2.75) is 27.2 Å². The third-order valence-electron chi connectivity index (χ3n) is 2.60. The van der Waals surface area contributed by atoms with Crippen molar-refractivity contribution < 1.29 is 0 Å². The van der Waals surface area contributed by atoms with Crippen LogP contribution in [0.3, 0.4) is 0 Å². The molecule has 0 atom stereocenters. The summed E-state index contributed by atoms with van der Waals surface area (Å²) in [6, 6.07) is 4.59. The van der Waals surface area contributed by atoms with Crippen LogP contribution in [0.15, 0.2) is 12.1 Å². The van der Waals surface area contributed by atoms with Gasteiger partial charge in [-0.1, -0.05) is 12.1 Å². The van der Waals surface area contributed by atoms with E-state index in [1.165, 1.54) is 22.3 Å². The number of likely N-dealkylation sites (N-methyl/N-ethyl adjacent to an activating group) is 1. The van der Waals surface area contributed by atoms with Gasteiger partial charge in [0.05, 0.1) is 0 Å². The van der Waals surface area contributed by atoms with E-state index in [1.54, 1.807) is 0 Å². The van der Waals surface area contributed by atoms with Gasteiger partial charge in [0.25, 0.3) is 0 Å². The maximum Gasteiger partial charge on any atom is -0.00113 e. The van der Waals surface area contributed by atoms with E-state index in [4.69, 9.17) is 0 Å². The minimum Gasteiger partial charge on any atom is -0.319 e. The molecule has 0 saturated heterocycles. The van der Waals surface area contributed by atoms with E-state index in [2.05, 4.69) is 38.2 Å². The molecular weight excluding hydrogens is 158 g/mol. The predicted molar refractivity (Wildman–Crippen MR) is 58.3 cm³/mol. The summed E-state index contributed by atoms with van der Waals surface area (Å²) in [5.74, 6) is 0. The summed E-state index contributed by atoms with van der Waals surface area (Å²) in [7, 11) is 2.00. The Kier molecular flexibility index (Phi) is 3.49. The molecule has 1 nitrogen and oxygen atoms in total. The van der Waals surface area contributed by atoms with Gasteiger partial charge in [-0.05, 0) is 63.0 Å². The van der Waals surface area contributed by atoms with Gasteiger partial charge in [0.2, 0.25) is 0 Å². The van der Waals surface area contributed by atoms with Crippen LogP contribution in [0.5, 0.6) is 0 Å². The van der Waals surface area contributed by atoms with Crippen LogP contribution in [0.2, 0.25) is 0 Å². The minimum absolute atomic E-state index is 1.06. The molecule has 0 spiro atoms. The number of aryl methyl sites for hydroxylation is 3. The van der Waals surface area contributed by atoms with Crippen LogP contribution in [-0.2, 0) is 6.42 Å². The fraction of sp³-hybridized carbons (Fsp3) is 0.500. The van der Waals surface area contributed by atoms with Gasteiger partial charge in [0.1, 0.15) is 0 Å². The second kappa shape index (κ2) is 4.43. The van der Waals surface area contributed by atoms with E-state index in [-0.39, 0.29) is 0 Å². The van der Waals surface area contributed by atoms with E-state index < -0.39 is 0 Å². The van der Waals surface area contributed by atoms with E-state index in [9.17, 15) is 0 Å². The maximum atomic E-state index is 3.18. The van der Waals surface area contributed by atoms with Gasteiger partial charge in [-0.2, -0.15) is 0 Å². The SMILES string of the molecule is CNCCc1cc(C)c(C)cc1C. The topological polar surface area (TPSA) is 12.0 Å². The lowest BCUT2D eigenvalue weighted by molar-refractivity contribution is 0.788. The standard InChI is InChI=1S/C12H19N/c1-9-7-11(3)12(5-6-13-4)8-10(9)2/h7-8,13H,5-6H2,1-4H3.